The number of H-pyrrole nitrogens is 1. The van der Waals surface area contributed by atoms with Gasteiger partial charge in [-0.1, -0.05) is 0 Å². The van der Waals surface area contributed by atoms with Gasteiger partial charge in [0.25, 0.3) is 0 Å². The summed E-state index contributed by atoms with van der Waals surface area (Å²) >= 11 is 0. The van der Waals surface area contributed by atoms with Crippen molar-refractivity contribution in [2.75, 3.05) is 49.3 Å². The first kappa shape index (κ1) is 19.3. The molecule has 8 heteroatoms. The van der Waals surface area contributed by atoms with Crippen LogP contribution in [-0.2, 0) is 4.74 Å². The third-order valence-electron chi connectivity index (χ3n) is 6.32. The van der Waals surface area contributed by atoms with Crippen LogP contribution in [0.25, 0.3) is 22.3 Å². The number of piperidine rings is 1. The van der Waals surface area contributed by atoms with Crippen molar-refractivity contribution in [1.29, 1.82) is 0 Å². The molecule has 2 N–H and O–H groups in total. The molecule has 0 spiro atoms. The molecule has 0 bridgehead atoms. The van der Waals surface area contributed by atoms with E-state index in [1.54, 1.807) is 6.20 Å². The van der Waals surface area contributed by atoms with Gasteiger partial charge in [-0.3, -0.25) is 10.1 Å². The molecule has 2 saturated heterocycles. The number of morpholine rings is 1. The summed E-state index contributed by atoms with van der Waals surface area (Å²) in [6, 6.07) is 6.48. The van der Waals surface area contributed by atoms with Crippen LogP contribution in [0, 0.1) is 5.92 Å². The fourth-order valence-electron chi connectivity index (χ4n) is 4.54. The van der Waals surface area contributed by atoms with Crippen molar-refractivity contribution >= 4 is 22.4 Å². The number of hydrogen-bond acceptors (Lipinski definition) is 7. The zero-order valence-corrected chi connectivity index (χ0v) is 17.3. The van der Waals surface area contributed by atoms with Crippen LogP contribution in [0.3, 0.4) is 0 Å². The lowest BCUT2D eigenvalue weighted by Gasteiger charge is -2.37. The number of pyridine rings is 2. The third kappa shape index (κ3) is 3.50. The highest BCUT2D eigenvalue weighted by Gasteiger charge is 2.26. The number of aromatic nitrogens is 4. The fraction of sp³-hybridized carbons (Fsp3) is 0.500. The van der Waals surface area contributed by atoms with Crippen molar-refractivity contribution in [3.63, 3.8) is 0 Å². The van der Waals surface area contributed by atoms with Crippen molar-refractivity contribution in [2.45, 2.75) is 25.8 Å². The summed E-state index contributed by atoms with van der Waals surface area (Å²) in [7, 11) is 0. The number of rotatable bonds is 4. The quantitative estimate of drug-likeness (QED) is 0.685. The fourth-order valence-corrected chi connectivity index (χ4v) is 4.54. The van der Waals surface area contributed by atoms with Crippen LogP contribution < -0.4 is 9.80 Å². The van der Waals surface area contributed by atoms with E-state index in [2.05, 4.69) is 44.0 Å². The van der Waals surface area contributed by atoms with Crippen molar-refractivity contribution in [3.05, 3.63) is 30.6 Å². The van der Waals surface area contributed by atoms with E-state index in [-0.39, 0.29) is 12.6 Å². The number of aliphatic hydroxyl groups excluding tert-OH is 1. The SMILES string of the molecule is C[C@@H]1COCCN1c1cc(N2CCC(CO)CC2)c2ccnc(-c3ccn[nH]3)c2n1. The number of hydrogen-bond donors (Lipinski definition) is 2. The Bertz CT molecular complexity index is 1000. The predicted octanol–water partition coefficient (Wildman–Crippen LogP) is 2.45. The molecule has 0 radical (unpaired) electrons. The van der Waals surface area contributed by atoms with Crippen LogP contribution in [0.1, 0.15) is 19.8 Å². The maximum atomic E-state index is 9.54. The van der Waals surface area contributed by atoms with Gasteiger partial charge in [-0.2, -0.15) is 5.10 Å². The molecule has 2 aliphatic heterocycles. The summed E-state index contributed by atoms with van der Waals surface area (Å²) in [5, 5.41) is 17.8. The van der Waals surface area contributed by atoms with E-state index >= 15 is 0 Å². The van der Waals surface area contributed by atoms with E-state index in [1.807, 2.05) is 12.3 Å². The van der Waals surface area contributed by atoms with Gasteiger partial charge >= 0.3 is 0 Å². The summed E-state index contributed by atoms with van der Waals surface area (Å²) in [5.74, 6) is 1.36. The number of ether oxygens (including phenoxy) is 1. The summed E-state index contributed by atoms with van der Waals surface area (Å²) in [6.45, 7) is 6.56. The summed E-state index contributed by atoms with van der Waals surface area (Å²) < 4.78 is 5.65. The minimum absolute atomic E-state index is 0.268. The first-order valence-corrected chi connectivity index (χ1v) is 10.7. The Kier molecular flexibility index (Phi) is 5.26. The van der Waals surface area contributed by atoms with Gasteiger partial charge in [0.2, 0.25) is 0 Å². The topological polar surface area (TPSA) is 90.4 Å². The summed E-state index contributed by atoms with van der Waals surface area (Å²) in [5.41, 5.74) is 3.76. The van der Waals surface area contributed by atoms with E-state index in [1.165, 1.54) is 5.69 Å². The zero-order chi connectivity index (χ0) is 20.5. The highest BCUT2D eigenvalue weighted by molar-refractivity contribution is 6.00. The Morgan fingerprint density at radius 1 is 1.20 bits per heavy atom. The van der Waals surface area contributed by atoms with E-state index in [9.17, 15) is 5.11 Å². The number of aromatic amines is 1. The lowest BCUT2D eigenvalue weighted by molar-refractivity contribution is 0.0986. The Hall–Kier alpha value is -2.71. The molecule has 8 nitrogen and oxygen atoms in total. The first-order valence-electron chi connectivity index (χ1n) is 10.7. The van der Waals surface area contributed by atoms with E-state index in [0.717, 1.165) is 60.6 Å². The van der Waals surface area contributed by atoms with Gasteiger partial charge in [0.15, 0.2) is 0 Å². The standard InChI is InChI=1S/C22H28N6O2/c1-15-14-30-11-10-28(15)20-12-19(27-8-4-16(13-29)5-9-27)17-2-6-23-22(21(17)25-20)18-3-7-24-26-18/h2-3,6-7,12,15-16,29H,4-5,8-11,13-14H2,1H3,(H,24,26)/t15-/m1/s1. The number of fused-ring (bicyclic) bond motifs is 1. The largest absolute Gasteiger partial charge is 0.396 e. The van der Waals surface area contributed by atoms with Gasteiger partial charge in [-0.15, -0.1) is 0 Å². The predicted molar refractivity (Wildman–Crippen MR) is 117 cm³/mol. The Labute approximate surface area is 175 Å². The molecule has 1 atom stereocenters. The molecule has 0 unspecified atom stereocenters. The smallest absolute Gasteiger partial charge is 0.131 e. The molecule has 2 aliphatic rings. The Balaban J connectivity index is 1.64. The van der Waals surface area contributed by atoms with Crippen LogP contribution in [0.5, 0.6) is 0 Å². The van der Waals surface area contributed by atoms with Crippen LogP contribution in [0.15, 0.2) is 30.6 Å². The maximum absolute atomic E-state index is 9.54. The van der Waals surface area contributed by atoms with Gasteiger partial charge in [0.1, 0.15) is 17.0 Å². The van der Waals surface area contributed by atoms with Gasteiger partial charge in [-0.05, 0) is 37.8 Å². The maximum Gasteiger partial charge on any atom is 0.131 e. The van der Waals surface area contributed by atoms with Gasteiger partial charge in [0, 0.05) is 55.8 Å². The molecule has 2 fully saturated rings. The van der Waals surface area contributed by atoms with Crippen molar-refractivity contribution in [2.24, 2.45) is 5.92 Å². The van der Waals surface area contributed by atoms with E-state index in [0.29, 0.717) is 19.1 Å². The van der Waals surface area contributed by atoms with Crippen molar-refractivity contribution < 1.29 is 9.84 Å². The van der Waals surface area contributed by atoms with Crippen LogP contribution in [-0.4, -0.2) is 70.8 Å². The highest BCUT2D eigenvalue weighted by atomic mass is 16.5. The average Bonchev–Trinajstić information content (AvgIpc) is 3.33. The summed E-state index contributed by atoms with van der Waals surface area (Å²) in [6.07, 6.45) is 5.59. The third-order valence-corrected chi connectivity index (χ3v) is 6.32. The minimum Gasteiger partial charge on any atom is -0.396 e. The van der Waals surface area contributed by atoms with Crippen LogP contribution in [0.2, 0.25) is 0 Å². The molecule has 5 rings (SSSR count). The molecule has 3 aromatic rings. The normalized spacial score (nSPS) is 20.8. The van der Waals surface area contributed by atoms with Gasteiger partial charge in [0.05, 0.1) is 24.9 Å². The lowest BCUT2D eigenvalue weighted by Crippen LogP contribution is -2.44. The van der Waals surface area contributed by atoms with Crippen molar-refractivity contribution in [1.82, 2.24) is 20.2 Å². The van der Waals surface area contributed by atoms with E-state index in [4.69, 9.17) is 9.72 Å². The van der Waals surface area contributed by atoms with E-state index < -0.39 is 0 Å². The minimum atomic E-state index is 0.268. The van der Waals surface area contributed by atoms with Crippen molar-refractivity contribution in [3.8, 4) is 11.4 Å². The average molecular weight is 409 g/mol. The molecule has 0 aromatic carbocycles. The second-order valence-electron chi connectivity index (χ2n) is 8.26. The first-order chi connectivity index (χ1) is 14.7. The zero-order valence-electron chi connectivity index (χ0n) is 17.3. The van der Waals surface area contributed by atoms with Gasteiger partial charge < -0.3 is 19.6 Å². The second kappa shape index (κ2) is 8.20. The molecule has 30 heavy (non-hydrogen) atoms. The molecular weight excluding hydrogens is 380 g/mol. The monoisotopic (exact) mass is 408 g/mol. The molecule has 0 amide bonds. The second-order valence-corrected chi connectivity index (χ2v) is 8.26. The van der Waals surface area contributed by atoms with Gasteiger partial charge in [-0.25, -0.2) is 4.98 Å². The number of anilines is 2. The van der Waals surface area contributed by atoms with Crippen LogP contribution in [0.4, 0.5) is 11.5 Å². The highest BCUT2D eigenvalue weighted by Crippen LogP contribution is 2.36. The molecule has 0 aliphatic carbocycles. The molecule has 3 aromatic heterocycles. The molecule has 0 saturated carbocycles. The lowest BCUT2D eigenvalue weighted by atomic mass is 9.97. The number of nitrogens with one attached hydrogen (secondary N) is 1. The molecular formula is C22H28N6O2. The number of nitrogens with zero attached hydrogens (tertiary/aromatic N) is 5. The molecule has 158 valence electrons. The summed E-state index contributed by atoms with van der Waals surface area (Å²) in [4.78, 5) is 14.5. The Morgan fingerprint density at radius 2 is 2.07 bits per heavy atom. The van der Waals surface area contributed by atoms with Crippen LogP contribution >= 0.6 is 0 Å². The Morgan fingerprint density at radius 3 is 2.80 bits per heavy atom. The number of aliphatic hydroxyl groups is 1. The molecule has 5 heterocycles.